The van der Waals surface area contributed by atoms with Crippen molar-refractivity contribution in [1.29, 1.82) is 0 Å². The Morgan fingerprint density at radius 3 is 1.33 bits per heavy atom. The maximum absolute atomic E-state index is 13.5. The number of sulfonamides is 2. The van der Waals surface area contributed by atoms with E-state index in [9.17, 15) is 41.9 Å². The fraction of sp³-hybridized carbons (Fsp3) is 0.0741. The van der Waals surface area contributed by atoms with Gasteiger partial charge in [-0.2, -0.15) is 0 Å². The quantitative estimate of drug-likeness (QED) is 0.181. The molecule has 0 spiro atoms. The summed E-state index contributed by atoms with van der Waals surface area (Å²) in [6.45, 7) is 3.46. The van der Waals surface area contributed by atoms with Crippen molar-refractivity contribution in [2.45, 2.75) is 23.6 Å². The van der Waals surface area contributed by atoms with Crippen molar-refractivity contribution in [3.63, 3.8) is 0 Å². The number of ketones is 1. The minimum atomic E-state index is -4.46. The average molecular weight is 609 g/mol. The summed E-state index contributed by atoms with van der Waals surface area (Å²) >= 11 is 0. The van der Waals surface area contributed by atoms with Gasteiger partial charge in [0.15, 0.2) is 5.78 Å². The number of hydrogen-bond acceptors (Lipinski definition) is 9. The molecule has 15 heteroatoms. The summed E-state index contributed by atoms with van der Waals surface area (Å²) in [5.74, 6) is -1.01. The normalized spacial score (nSPS) is 12.4. The van der Waals surface area contributed by atoms with E-state index in [1.807, 2.05) is 0 Å². The fourth-order valence-corrected chi connectivity index (χ4v) is 6.86. The number of carbonyl (C=O) groups is 1. The number of nitro groups is 2. The SMILES string of the molecule is Cc1cccc(NS(=O)(=O)c2cc3c(c([N+](=O)[O-])c2)-c2c(cc(S(=O)(=O)Nc4cccc(C)c4)cc2[N+](=O)[O-])C3=O)c1. The Morgan fingerprint density at radius 2 is 1.00 bits per heavy atom. The lowest BCUT2D eigenvalue weighted by Crippen LogP contribution is -2.14. The van der Waals surface area contributed by atoms with Gasteiger partial charge in [-0.1, -0.05) is 24.3 Å². The first kappa shape index (κ1) is 28.4. The van der Waals surface area contributed by atoms with Crippen LogP contribution in [0.2, 0.25) is 0 Å². The van der Waals surface area contributed by atoms with Crippen molar-refractivity contribution in [1.82, 2.24) is 0 Å². The first-order chi connectivity index (χ1) is 19.7. The number of nitro benzene ring substituents is 2. The van der Waals surface area contributed by atoms with Gasteiger partial charge in [0.2, 0.25) is 0 Å². The molecule has 0 amide bonds. The van der Waals surface area contributed by atoms with Crippen molar-refractivity contribution in [3.8, 4) is 11.1 Å². The van der Waals surface area contributed by atoms with Gasteiger partial charge in [0.25, 0.3) is 31.4 Å². The van der Waals surface area contributed by atoms with E-state index in [4.69, 9.17) is 0 Å². The summed E-state index contributed by atoms with van der Waals surface area (Å²) in [5, 5.41) is 24.2. The van der Waals surface area contributed by atoms with E-state index in [1.54, 1.807) is 38.1 Å². The minimum Gasteiger partial charge on any atom is -0.289 e. The third kappa shape index (κ3) is 5.06. The smallest absolute Gasteiger partial charge is 0.279 e. The highest BCUT2D eigenvalue weighted by Gasteiger charge is 2.41. The van der Waals surface area contributed by atoms with Gasteiger partial charge in [0, 0.05) is 34.6 Å². The molecule has 2 N–H and O–H groups in total. The lowest BCUT2D eigenvalue weighted by Gasteiger charge is -2.11. The van der Waals surface area contributed by atoms with E-state index in [2.05, 4.69) is 9.44 Å². The number of fused-ring (bicyclic) bond motifs is 3. The zero-order chi connectivity index (χ0) is 30.6. The second-order valence-corrected chi connectivity index (χ2v) is 12.9. The first-order valence-corrected chi connectivity index (χ1v) is 15.0. The fourth-order valence-electron chi connectivity index (χ4n) is 4.67. The highest BCUT2D eigenvalue weighted by molar-refractivity contribution is 7.93. The molecule has 0 unspecified atom stereocenters. The third-order valence-electron chi connectivity index (χ3n) is 6.48. The van der Waals surface area contributed by atoms with E-state index in [-0.39, 0.29) is 11.4 Å². The summed E-state index contributed by atoms with van der Waals surface area (Å²) in [4.78, 5) is 34.5. The van der Waals surface area contributed by atoms with Crippen LogP contribution in [0.5, 0.6) is 0 Å². The van der Waals surface area contributed by atoms with Gasteiger partial charge in [-0.05, 0) is 61.4 Å². The number of nitrogens with one attached hydrogen (secondary N) is 2. The Kier molecular flexibility index (Phi) is 6.79. The molecular formula is C27H20N4O9S2. The van der Waals surface area contributed by atoms with Crippen LogP contribution in [-0.2, 0) is 20.0 Å². The Morgan fingerprint density at radius 1 is 0.619 bits per heavy atom. The number of rotatable bonds is 8. The van der Waals surface area contributed by atoms with Gasteiger partial charge in [-0.25, -0.2) is 16.8 Å². The molecule has 0 saturated carbocycles. The van der Waals surface area contributed by atoms with Crippen LogP contribution in [0.1, 0.15) is 27.0 Å². The Hall–Kier alpha value is -5.15. The van der Waals surface area contributed by atoms with Crippen LogP contribution in [0.25, 0.3) is 11.1 Å². The van der Waals surface area contributed by atoms with Crippen LogP contribution < -0.4 is 9.44 Å². The molecule has 13 nitrogen and oxygen atoms in total. The van der Waals surface area contributed by atoms with Gasteiger partial charge in [0.05, 0.1) is 30.8 Å². The maximum atomic E-state index is 13.5. The van der Waals surface area contributed by atoms with Gasteiger partial charge < -0.3 is 0 Å². The summed E-state index contributed by atoms with van der Waals surface area (Å²) < 4.78 is 57.3. The van der Waals surface area contributed by atoms with E-state index >= 15 is 0 Å². The zero-order valence-corrected chi connectivity index (χ0v) is 23.4. The zero-order valence-electron chi connectivity index (χ0n) is 21.8. The van der Waals surface area contributed by atoms with E-state index in [0.29, 0.717) is 12.1 Å². The molecule has 0 saturated heterocycles. The summed E-state index contributed by atoms with van der Waals surface area (Å²) in [6, 6.07) is 15.8. The molecular weight excluding hydrogens is 588 g/mol. The second-order valence-electron chi connectivity index (χ2n) is 9.52. The van der Waals surface area contributed by atoms with Gasteiger partial charge in [0.1, 0.15) is 0 Å². The van der Waals surface area contributed by atoms with Crippen molar-refractivity contribution in [3.05, 3.63) is 115 Å². The monoisotopic (exact) mass is 608 g/mol. The van der Waals surface area contributed by atoms with Crippen LogP contribution in [0, 0.1) is 34.1 Å². The number of nitrogens with zero attached hydrogens (tertiary/aromatic N) is 2. The summed E-state index contributed by atoms with van der Waals surface area (Å²) in [5.41, 5.74) is -1.89. The van der Waals surface area contributed by atoms with Crippen molar-refractivity contribution >= 4 is 48.6 Å². The molecule has 1 aliphatic rings. The molecule has 0 atom stereocenters. The summed E-state index contributed by atoms with van der Waals surface area (Å²) in [7, 11) is -8.92. The van der Waals surface area contributed by atoms with Crippen LogP contribution in [0.4, 0.5) is 22.7 Å². The van der Waals surface area contributed by atoms with E-state index in [1.165, 1.54) is 24.3 Å². The van der Waals surface area contributed by atoms with Gasteiger partial charge in [-0.3, -0.25) is 34.5 Å². The number of hydrogen-bond donors (Lipinski definition) is 2. The predicted octanol–water partition coefficient (Wildman–Crippen LogP) is 4.93. The molecule has 0 aliphatic heterocycles. The van der Waals surface area contributed by atoms with Crippen LogP contribution >= 0.6 is 0 Å². The van der Waals surface area contributed by atoms with E-state index in [0.717, 1.165) is 23.3 Å². The third-order valence-corrected chi connectivity index (χ3v) is 9.20. The molecule has 4 aromatic carbocycles. The van der Waals surface area contributed by atoms with Crippen LogP contribution in [0.15, 0.2) is 82.6 Å². The molecule has 0 aromatic heterocycles. The lowest BCUT2D eigenvalue weighted by atomic mass is 10.0. The molecule has 214 valence electrons. The maximum Gasteiger partial charge on any atom is 0.279 e. The highest BCUT2D eigenvalue weighted by atomic mass is 32.2. The van der Waals surface area contributed by atoms with Crippen LogP contribution in [-0.4, -0.2) is 32.5 Å². The molecule has 1 aliphatic carbocycles. The molecule has 0 radical (unpaired) electrons. The summed E-state index contributed by atoms with van der Waals surface area (Å²) in [6.07, 6.45) is 0. The van der Waals surface area contributed by atoms with E-state index < -0.39 is 79.1 Å². The topological polar surface area (TPSA) is 196 Å². The lowest BCUT2D eigenvalue weighted by molar-refractivity contribution is -0.386. The minimum absolute atomic E-state index is 0.166. The number of anilines is 2. The first-order valence-electron chi connectivity index (χ1n) is 12.1. The molecule has 5 rings (SSSR count). The van der Waals surface area contributed by atoms with Crippen molar-refractivity contribution < 1.29 is 31.5 Å². The molecule has 42 heavy (non-hydrogen) atoms. The van der Waals surface area contributed by atoms with Crippen molar-refractivity contribution in [2.24, 2.45) is 0 Å². The van der Waals surface area contributed by atoms with Crippen molar-refractivity contribution in [2.75, 3.05) is 9.44 Å². The standard InChI is InChI=1S/C27H20N4O9S2/c1-15-5-3-7-17(9-15)28-41(37,38)19-11-21-25(23(13-19)30(33)34)26-22(27(21)32)12-20(14-24(26)31(35)36)42(39,40)29-18-8-4-6-16(2)10-18/h3-14,28-29H,1-2H3. The van der Waals surface area contributed by atoms with Crippen LogP contribution in [0.3, 0.4) is 0 Å². The molecule has 0 heterocycles. The number of carbonyl (C=O) groups excluding carboxylic acids is 1. The average Bonchev–Trinajstić information content (AvgIpc) is 3.19. The number of benzene rings is 4. The van der Waals surface area contributed by atoms with Gasteiger partial charge >= 0.3 is 0 Å². The molecule has 0 fully saturated rings. The Labute approximate surface area is 239 Å². The predicted molar refractivity (Wildman–Crippen MR) is 153 cm³/mol. The Balaban J connectivity index is 1.67. The highest BCUT2D eigenvalue weighted by Crippen LogP contribution is 2.49. The number of aryl methyl sites for hydroxylation is 2. The Bertz CT molecular complexity index is 1930. The van der Waals surface area contributed by atoms with Gasteiger partial charge in [-0.15, -0.1) is 0 Å². The second kappa shape index (κ2) is 10.0. The molecule has 0 bridgehead atoms. The molecule has 4 aromatic rings. The largest absolute Gasteiger partial charge is 0.289 e.